The number of thiocarbonyl (C=S) groups is 1. The molecule has 3 N–H and O–H groups in total. The van der Waals surface area contributed by atoms with Crippen LogP contribution in [0.5, 0.6) is 0 Å². The van der Waals surface area contributed by atoms with Crippen molar-refractivity contribution in [2.24, 2.45) is 0 Å². The van der Waals surface area contributed by atoms with Crippen molar-refractivity contribution in [1.29, 1.82) is 0 Å². The van der Waals surface area contributed by atoms with Gasteiger partial charge in [-0.2, -0.15) is 0 Å². The first-order valence-electron chi connectivity index (χ1n) is 8.12. The van der Waals surface area contributed by atoms with Gasteiger partial charge >= 0.3 is 5.97 Å². The van der Waals surface area contributed by atoms with Gasteiger partial charge in [0.1, 0.15) is 0 Å². The summed E-state index contributed by atoms with van der Waals surface area (Å²) in [7, 11) is 1.25. The molecule has 140 valence electrons. The number of nitrogens with one attached hydrogen (secondary N) is 3. The van der Waals surface area contributed by atoms with Gasteiger partial charge in [0.2, 0.25) is 5.91 Å². The summed E-state index contributed by atoms with van der Waals surface area (Å²) in [5.74, 6) is -1.22. The van der Waals surface area contributed by atoms with Gasteiger partial charge in [0.25, 0.3) is 5.91 Å². The zero-order valence-corrected chi connectivity index (χ0v) is 15.5. The standard InChI is InChI=1S/C19H19N3O4S/c1-26-17(24)12-11-16(23)22-19(27)21-15-10-6-5-9-14(15)18(25)20-13-7-3-2-4-8-13/h2-10H,11-12H2,1H3,(H,20,25)(H2,21,22,23,27). The smallest absolute Gasteiger partial charge is 0.306 e. The van der Waals surface area contributed by atoms with Crippen LogP contribution in [0.4, 0.5) is 11.4 Å². The maximum atomic E-state index is 12.5. The molecule has 0 atom stereocenters. The van der Waals surface area contributed by atoms with E-state index in [-0.39, 0.29) is 23.9 Å². The summed E-state index contributed by atoms with van der Waals surface area (Å²) < 4.78 is 4.48. The van der Waals surface area contributed by atoms with Crippen molar-refractivity contribution in [2.75, 3.05) is 17.7 Å². The molecule has 8 heteroatoms. The normalized spacial score (nSPS) is 9.81. The number of ether oxygens (including phenoxy) is 1. The minimum Gasteiger partial charge on any atom is -0.469 e. The van der Waals surface area contributed by atoms with E-state index in [0.29, 0.717) is 16.9 Å². The molecule has 0 heterocycles. The van der Waals surface area contributed by atoms with Crippen LogP contribution in [0.1, 0.15) is 23.2 Å². The number of carbonyl (C=O) groups excluding carboxylic acids is 3. The Kier molecular flexibility index (Phi) is 7.45. The van der Waals surface area contributed by atoms with Crippen molar-refractivity contribution in [1.82, 2.24) is 5.32 Å². The molecule has 2 aromatic rings. The zero-order valence-electron chi connectivity index (χ0n) is 14.7. The number of hydrogen-bond donors (Lipinski definition) is 3. The van der Waals surface area contributed by atoms with E-state index in [2.05, 4.69) is 20.7 Å². The first-order valence-corrected chi connectivity index (χ1v) is 8.53. The number of methoxy groups -OCH3 is 1. The van der Waals surface area contributed by atoms with Gasteiger partial charge in [-0.3, -0.25) is 14.4 Å². The molecule has 7 nitrogen and oxygen atoms in total. The van der Waals surface area contributed by atoms with E-state index in [9.17, 15) is 14.4 Å². The molecule has 2 aromatic carbocycles. The molecule has 0 aliphatic carbocycles. The summed E-state index contributed by atoms with van der Waals surface area (Å²) in [6, 6.07) is 15.8. The predicted molar refractivity (Wildman–Crippen MR) is 106 cm³/mol. The Bertz CT molecular complexity index is 840. The summed E-state index contributed by atoms with van der Waals surface area (Å²) in [6.45, 7) is 0. The van der Waals surface area contributed by atoms with Gasteiger partial charge < -0.3 is 20.7 Å². The molecular weight excluding hydrogens is 366 g/mol. The highest BCUT2D eigenvalue weighted by molar-refractivity contribution is 7.80. The first kappa shape index (κ1) is 20.1. The van der Waals surface area contributed by atoms with Gasteiger partial charge in [0.15, 0.2) is 5.11 Å². The molecule has 0 saturated carbocycles. The largest absolute Gasteiger partial charge is 0.469 e. The summed E-state index contributed by atoms with van der Waals surface area (Å²) in [4.78, 5) is 35.4. The molecule has 0 radical (unpaired) electrons. The summed E-state index contributed by atoms with van der Waals surface area (Å²) in [5, 5.41) is 8.12. The second kappa shape index (κ2) is 10.0. The zero-order chi connectivity index (χ0) is 19.6. The third-order valence-electron chi connectivity index (χ3n) is 3.49. The van der Waals surface area contributed by atoms with Crippen LogP contribution in [0, 0.1) is 0 Å². The molecule has 0 aliphatic heterocycles. The molecule has 0 bridgehead atoms. The van der Waals surface area contributed by atoms with Crippen molar-refractivity contribution in [3.05, 3.63) is 60.2 Å². The van der Waals surface area contributed by atoms with Gasteiger partial charge in [-0.25, -0.2) is 0 Å². The number of rotatable bonds is 6. The van der Waals surface area contributed by atoms with Crippen LogP contribution < -0.4 is 16.0 Å². The van der Waals surface area contributed by atoms with Gasteiger partial charge in [-0.1, -0.05) is 30.3 Å². The highest BCUT2D eigenvalue weighted by Crippen LogP contribution is 2.17. The van der Waals surface area contributed by atoms with Crippen molar-refractivity contribution in [3.8, 4) is 0 Å². The van der Waals surface area contributed by atoms with E-state index < -0.39 is 11.9 Å². The lowest BCUT2D eigenvalue weighted by Gasteiger charge is -2.13. The Morgan fingerprint density at radius 1 is 0.926 bits per heavy atom. The second-order valence-electron chi connectivity index (χ2n) is 5.44. The molecule has 0 fully saturated rings. The van der Waals surface area contributed by atoms with E-state index >= 15 is 0 Å². The quantitative estimate of drug-likeness (QED) is 0.523. The van der Waals surface area contributed by atoms with Crippen molar-refractivity contribution in [2.45, 2.75) is 12.8 Å². The Labute approximate surface area is 162 Å². The number of hydrogen-bond acceptors (Lipinski definition) is 5. The van der Waals surface area contributed by atoms with Crippen molar-refractivity contribution < 1.29 is 19.1 Å². The van der Waals surface area contributed by atoms with E-state index in [1.54, 1.807) is 36.4 Å². The average molecular weight is 385 g/mol. The molecule has 0 unspecified atom stereocenters. The van der Waals surface area contributed by atoms with Crippen LogP contribution in [0.15, 0.2) is 54.6 Å². The summed E-state index contributed by atoms with van der Waals surface area (Å²) >= 11 is 5.11. The van der Waals surface area contributed by atoms with Crippen molar-refractivity contribution in [3.63, 3.8) is 0 Å². The van der Waals surface area contributed by atoms with Gasteiger partial charge in [0.05, 0.1) is 24.8 Å². The number of esters is 1. The molecular formula is C19H19N3O4S. The van der Waals surface area contributed by atoms with Crippen LogP contribution >= 0.6 is 12.2 Å². The fraction of sp³-hybridized carbons (Fsp3) is 0.158. The number of benzene rings is 2. The maximum absolute atomic E-state index is 12.5. The number of para-hydroxylation sites is 2. The van der Waals surface area contributed by atoms with E-state index in [0.717, 1.165) is 0 Å². The fourth-order valence-corrected chi connectivity index (χ4v) is 2.39. The average Bonchev–Trinajstić information content (AvgIpc) is 2.67. The lowest BCUT2D eigenvalue weighted by Crippen LogP contribution is -2.34. The minimum atomic E-state index is -0.480. The Morgan fingerprint density at radius 2 is 1.59 bits per heavy atom. The van der Waals surface area contributed by atoms with Gasteiger partial charge in [-0.15, -0.1) is 0 Å². The SMILES string of the molecule is COC(=O)CCC(=O)NC(=S)Nc1ccccc1C(=O)Nc1ccccc1. The highest BCUT2D eigenvalue weighted by Gasteiger charge is 2.13. The minimum absolute atomic E-state index is 0.0322. The van der Waals surface area contributed by atoms with Crippen LogP contribution in [-0.2, 0) is 14.3 Å². The third-order valence-corrected chi connectivity index (χ3v) is 3.69. The fourth-order valence-electron chi connectivity index (χ4n) is 2.17. The molecule has 27 heavy (non-hydrogen) atoms. The Balaban J connectivity index is 1.98. The van der Waals surface area contributed by atoms with Gasteiger partial charge in [0, 0.05) is 12.1 Å². The van der Waals surface area contributed by atoms with Crippen LogP contribution in [0.3, 0.4) is 0 Å². The number of carbonyl (C=O) groups is 3. The maximum Gasteiger partial charge on any atom is 0.306 e. The highest BCUT2D eigenvalue weighted by atomic mass is 32.1. The van der Waals surface area contributed by atoms with Crippen LogP contribution in [0.2, 0.25) is 0 Å². The third kappa shape index (κ3) is 6.52. The topological polar surface area (TPSA) is 96.5 Å². The van der Waals surface area contributed by atoms with Crippen LogP contribution in [-0.4, -0.2) is 30.0 Å². The molecule has 0 spiro atoms. The predicted octanol–water partition coefficient (Wildman–Crippen LogP) is 2.71. The van der Waals surface area contributed by atoms with E-state index in [4.69, 9.17) is 12.2 Å². The van der Waals surface area contributed by atoms with Gasteiger partial charge in [-0.05, 0) is 36.5 Å². The summed E-state index contributed by atoms with van der Waals surface area (Å²) in [6.07, 6.45) is -0.0916. The Hall–Kier alpha value is -3.26. The molecule has 0 aliphatic rings. The second-order valence-corrected chi connectivity index (χ2v) is 5.85. The van der Waals surface area contributed by atoms with Crippen LogP contribution in [0.25, 0.3) is 0 Å². The number of amides is 2. The summed E-state index contributed by atoms with van der Waals surface area (Å²) in [5.41, 5.74) is 1.48. The monoisotopic (exact) mass is 385 g/mol. The molecule has 2 rings (SSSR count). The lowest BCUT2D eigenvalue weighted by atomic mass is 10.1. The van der Waals surface area contributed by atoms with Crippen molar-refractivity contribution >= 4 is 46.5 Å². The van der Waals surface area contributed by atoms with E-state index in [1.807, 2.05) is 18.2 Å². The Morgan fingerprint density at radius 3 is 2.30 bits per heavy atom. The number of anilines is 2. The lowest BCUT2D eigenvalue weighted by molar-refractivity contribution is -0.142. The molecule has 2 amide bonds. The van der Waals surface area contributed by atoms with E-state index in [1.165, 1.54) is 7.11 Å². The molecule has 0 aromatic heterocycles. The first-order chi connectivity index (χ1) is 13.0. The molecule has 0 saturated heterocycles.